The van der Waals surface area contributed by atoms with E-state index >= 15 is 0 Å². The number of hydrogen-bond acceptors (Lipinski definition) is 4. The summed E-state index contributed by atoms with van der Waals surface area (Å²) in [6, 6.07) is 41.5. The molecule has 6 rings (SSSR count). The fourth-order valence-electron chi connectivity index (χ4n) is 4.32. The Kier molecular flexibility index (Phi) is 5.45. The number of hydrogen-bond donors (Lipinski definition) is 0. The Bertz CT molecular complexity index is 1410. The molecular formula is C31H23N3O. The highest BCUT2D eigenvalue weighted by molar-refractivity contribution is 5.78. The van der Waals surface area contributed by atoms with Crippen LogP contribution in [0.2, 0.25) is 0 Å². The number of ether oxygens (including phenoxy) is 1. The number of anilines is 5. The van der Waals surface area contributed by atoms with E-state index < -0.39 is 0 Å². The van der Waals surface area contributed by atoms with E-state index in [9.17, 15) is 0 Å². The summed E-state index contributed by atoms with van der Waals surface area (Å²) < 4.78 is 5.63. The van der Waals surface area contributed by atoms with E-state index in [1.165, 1.54) is 0 Å². The average Bonchev–Trinajstić information content (AvgIpc) is 2.95. The molecule has 0 fully saturated rings. The largest absolute Gasteiger partial charge is 0.461 e. The Morgan fingerprint density at radius 2 is 1.26 bits per heavy atom. The third-order valence-corrected chi connectivity index (χ3v) is 6.03. The average molecular weight is 454 g/mol. The number of para-hydroxylation sites is 3. The Morgan fingerprint density at radius 3 is 2.00 bits per heavy atom. The van der Waals surface area contributed by atoms with Gasteiger partial charge in [0.25, 0.3) is 0 Å². The molecule has 1 aliphatic rings. The van der Waals surface area contributed by atoms with Crippen molar-refractivity contribution in [3.63, 3.8) is 0 Å². The highest BCUT2D eigenvalue weighted by Gasteiger charge is 2.16. The lowest BCUT2D eigenvalue weighted by Gasteiger charge is -2.26. The van der Waals surface area contributed by atoms with Crippen molar-refractivity contribution in [3.8, 4) is 16.9 Å². The van der Waals surface area contributed by atoms with Crippen LogP contribution in [0.15, 0.2) is 140 Å². The number of rotatable bonds is 5. The molecule has 0 unspecified atom stereocenters. The highest BCUT2D eigenvalue weighted by atomic mass is 16.5. The van der Waals surface area contributed by atoms with Gasteiger partial charge in [-0.05, 0) is 71.8 Å². The van der Waals surface area contributed by atoms with E-state index in [1.54, 1.807) is 6.26 Å². The van der Waals surface area contributed by atoms with Gasteiger partial charge in [-0.15, -0.1) is 0 Å². The molecule has 0 saturated carbocycles. The standard InChI is InChI=1S/C31H23N3O/c1-2-8-27(9-3-1)34(31-12-6-7-21-32-31)28-19-15-25(16-20-28)24-13-17-26(18-14-24)33-22-23-35-30-11-5-4-10-29(30)33/h1-23H. The van der Waals surface area contributed by atoms with E-state index in [0.29, 0.717) is 0 Å². The number of pyridine rings is 1. The van der Waals surface area contributed by atoms with Crippen LogP contribution in [0.1, 0.15) is 0 Å². The minimum Gasteiger partial charge on any atom is -0.461 e. The molecule has 0 radical (unpaired) electrons. The molecule has 2 heterocycles. The van der Waals surface area contributed by atoms with Crippen molar-refractivity contribution in [2.24, 2.45) is 0 Å². The first-order valence-corrected chi connectivity index (χ1v) is 11.6. The van der Waals surface area contributed by atoms with Crippen LogP contribution in [-0.4, -0.2) is 4.98 Å². The molecule has 168 valence electrons. The summed E-state index contributed by atoms with van der Waals surface area (Å²) in [5, 5.41) is 0. The lowest BCUT2D eigenvalue weighted by atomic mass is 10.0. The molecule has 1 aliphatic heterocycles. The summed E-state index contributed by atoms with van der Waals surface area (Å²) in [7, 11) is 0. The van der Waals surface area contributed by atoms with Crippen LogP contribution in [0, 0.1) is 0 Å². The fourth-order valence-corrected chi connectivity index (χ4v) is 4.32. The van der Waals surface area contributed by atoms with Gasteiger partial charge in [0.2, 0.25) is 0 Å². The molecule has 0 bridgehead atoms. The molecule has 1 aromatic heterocycles. The Morgan fingerprint density at radius 1 is 0.600 bits per heavy atom. The van der Waals surface area contributed by atoms with E-state index in [1.807, 2.05) is 67.0 Å². The van der Waals surface area contributed by atoms with Gasteiger partial charge in [-0.2, -0.15) is 0 Å². The molecule has 0 spiro atoms. The third kappa shape index (κ3) is 4.13. The highest BCUT2D eigenvalue weighted by Crippen LogP contribution is 2.38. The van der Waals surface area contributed by atoms with Crippen LogP contribution >= 0.6 is 0 Å². The number of nitrogens with zero attached hydrogens (tertiary/aromatic N) is 3. The van der Waals surface area contributed by atoms with Gasteiger partial charge in [0.15, 0.2) is 5.75 Å². The number of aromatic nitrogens is 1. The second kappa shape index (κ2) is 9.20. The predicted octanol–water partition coefficient (Wildman–Crippen LogP) is 8.22. The van der Waals surface area contributed by atoms with Gasteiger partial charge < -0.3 is 9.64 Å². The molecule has 0 amide bonds. The van der Waals surface area contributed by atoms with Crippen LogP contribution < -0.4 is 14.5 Å². The maximum absolute atomic E-state index is 5.63. The Hall–Kier alpha value is -4.83. The molecule has 5 aromatic rings. The zero-order valence-electron chi connectivity index (χ0n) is 19.0. The van der Waals surface area contributed by atoms with Crippen molar-refractivity contribution in [2.45, 2.75) is 0 Å². The van der Waals surface area contributed by atoms with Gasteiger partial charge in [-0.3, -0.25) is 4.90 Å². The topological polar surface area (TPSA) is 28.6 Å². The summed E-state index contributed by atoms with van der Waals surface area (Å²) in [6.07, 6.45) is 5.49. The van der Waals surface area contributed by atoms with E-state index in [-0.39, 0.29) is 0 Å². The van der Waals surface area contributed by atoms with Crippen molar-refractivity contribution < 1.29 is 4.74 Å². The molecule has 0 atom stereocenters. The molecule has 4 aromatic carbocycles. The van der Waals surface area contributed by atoms with Gasteiger partial charge in [-0.25, -0.2) is 4.98 Å². The van der Waals surface area contributed by atoms with Crippen LogP contribution in [-0.2, 0) is 0 Å². The van der Waals surface area contributed by atoms with E-state index in [0.717, 1.165) is 45.4 Å². The molecule has 0 N–H and O–H groups in total. The van der Waals surface area contributed by atoms with Crippen molar-refractivity contribution in [3.05, 3.63) is 140 Å². The molecule has 4 nitrogen and oxygen atoms in total. The molecular weight excluding hydrogens is 430 g/mol. The van der Waals surface area contributed by atoms with Crippen LogP contribution in [0.25, 0.3) is 11.1 Å². The van der Waals surface area contributed by atoms with E-state index in [2.05, 4.69) is 81.5 Å². The Labute approximate surface area is 205 Å². The van der Waals surface area contributed by atoms with Crippen molar-refractivity contribution in [2.75, 3.05) is 9.80 Å². The van der Waals surface area contributed by atoms with Gasteiger partial charge in [-0.1, -0.05) is 60.7 Å². The quantitative estimate of drug-likeness (QED) is 0.268. The fraction of sp³-hybridized carbons (Fsp3) is 0. The second-order valence-electron chi connectivity index (χ2n) is 8.19. The van der Waals surface area contributed by atoms with Gasteiger partial charge in [0, 0.05) is 29.5 Å². The minimum atomic E-state index is 0.852. The first-order valence-electron chi connectivity index (χ1n) is 11.6. The summed E-state index contributed by atoms with van der Waals surface area (Å²) in [5.41, 5.74) is 6.57. The second-order valence-corrected chi connectivity index (χ2v) is 8.19. The summed E-state index contributed by atoms with van der Waals surface area (Å²) >= 11 is 0. The van der Waals surface area contributed by atoms with Crippen molar-refractivity contribution in [1.82, 2.24) is 4.98 Å². The lowest BCUT2D eigenvalue weighted by molar-refractivity contribution is 0.473. The summed E-state index contributed by atoms with van der Waals surface area (Å²) in [5.74, 6) is 1.74. The van der Waals surface area contributed by atoms with Crippen molar-refractivity contribution >= 4 is 28.6 Å². The van der Waals surface area contributed by atoms with Crippen molar-refractivity contribution in [1.29, 1.82) is 0 Å². The van der Waals surface area contributed by atoms with E-state index in [4.69, 9.17) is 4.74 Å². The minimum absolute atomic E-state index is 0.852. The summed E-state index contributed by atoms with van der Waals surface area (Å²) in [6.45, 7) is 0. The van der Waals surface area contributed by atoms with Gasteiger partial charge in [0.05, 0.1) is 5.69 Å². The molecule has 0 saturated heterocycles. The monoisotopic (exact) mass is 453 g/mol. The molecule has 35 heavy (non-hydrogen) atoms. The number of benzene rings is 4. The normalized spacial score (nSPS) is 12.1. The van der Waals surface area contributed by atoms with Crippen LogP contribution in [0.5, 0.6) is 5.75 Å². The van der Waals surface area contributed by atoms with Gasteiger partial charge in [0.1, 0.15) is 12.1 Å². The van der Waals surface area contributed by atoms with Crippen LogP contribution in [0.4, 0.5) is 28.6 Å². The molecule has 4 heteroatoms. The first kappa shape index (κ1) is 20.8. The van der Waals surface area contributed by atoms with Crippen LogP contribution in [0.3, 0.4) is 0 Å². The zero-order chi connectivity index (χ0) is 23.5. The zero-order valence-corrected chi connectivity index (χ0v) is 19.0. The predicted molar refractivity (Wildman–Crippen MR) is 143 cm³/mol. The lowest BCUT2D eigenvalue weighted by Crippen LogP contribution is -2.13. The molecule has 0 aliphatic carbocycles. The smallest absolute Gasteiger partial charge is 0.150 e. The van der Waals surface area contributed by atoms with Gasteiger partial charge >= 0.3 is 0 Å². The SMILES string of the molecule is C1=CN(c2ccc(-c3ccc(N(c4ccccc4)c4ccccn4)cc3)cc2)c2ccccc2O1. The summed E-state index contributed by atoms with van der Waals surface area (Å²) in [4.78, 5) is 8.89. The number of fused-ring (bicyclic) bond motifs is 1. The maximum atomic E-state index is 5.63. The first-order chi connectivity index (χ1) is 17.4. The third-order valence-electron chi connectivity index (χ3n) is 6.03. The maximum Gasteiger partial charge on any atom is 0.150 e. The Balaban J connectivity index is 1.29.